The van der Waals surface area contributed by atoms with Crippen LogP contribution in [-0.4, -0.2) is 38.2 Å². The first kappa shape index (κ1) is 25.2. The fourth-order valence-corrected chi connectivity index (χ4v) is 5.83. The average Bonchev–Trinajstić information content (AvgIpc) is 3.26. The molecular weight excluding hydrogens is 462 g/mol. The quantitative estimate of drug-likeness (QED) is 0.391. The zero-order chi connectivity index (χ0) is 25.1. The molecule has 186 valence electrons. The molecule has 2 aliphatic rings. The summed E-state index contributed by atoms with van der Waals surface area (Å²) < 4.78 is 16.5. The number of hydrogen-bond acceptors (Lipinski definition) is 7. The van der Waals surface area contributed by atoms with Gasteiger partial charge in [0, 0.05) is 33.1 Å². The van der Waals surface area contributed by atoms with Crippen LogP contribution < -0.4 is 10.1 Å². The van der Waals surface area contributed by atoms with E-state index >= 15 is 0 Å². The van der Waals surface area contributed by atoms with Crippen molar-refractivity contribution in [3.05, 3.63) is 74.3 Å². The van der Waals surface area contributed by atoms with Crippen LogP contribution in [0.4, 0.5) is 0 Å². The molecule has 1 aliphatic carbocycles. The lowest BCUT2D eigenvalue weighted by Gasteiger charge is -2.36. The van der Waals surface area contributed by atoms with E-state index in [4.69, 9.17) is 14.2 Å². The summed E-state index contributed by atoms with van der Waals surface area (Å²) in [5.74, 6) is 0.0448. The molecule has 1 aromatic heterocycles. The van der Waals surface area contributed by atoms with E-state index in [1.54, 1.807) is 18.4 Å². The number of hydrogen-bond donors (Lipinski definition) is 1. The summed E-state index contributed by atoms with van der Waals surface area (Å²) in [7, 11) is 1.64. The molecule has 0 spiro atoms. The van der Waals surface area contributed by atoms with Crippen molar-refractivity contribution in [2.24, 2.45) is 0 Å². The van der Waals surface area contributed by atoms with Gasteiger partial charge in [-0.3, -0.25) is 4.79 Å². The fraction of sp³-hybridized carbons (Fsp3) is 0.429. The normalized spacial score (nSPS) is 20.1. The van der Waals surface area contributed by atoms with Crippen LogP contribution in [0.15, 0.2) is 58.9 Å². The van der Waals surface area contributed by atoms with Gasteiger partial charge in [0.25, 0.3) is 0 Å². The summed E-state index contributed by atoms with van der Waals surface area (Å²) in [6.07, 6.45) is 1.15. The van der Waals surface area contributed by atoms with Crippen molar-refractivity contribution < 1.29 is 23.8 Å². The number of aryl methyl sites for hydroxylation is 1. The van der Waals surface area contributed by atoms with Gasteiger partial charge in [0.05, 0.1) is 31.3 Å². The monoisotopic (exact) mass is 495 g/mol. The van der Waals surface area contributed by atoms with Gasteiger partial charge in [0.1, 0.15) is 12.4 Å². The second-order valence-electron chi connectivity index (χ2n) is 9.30. The molecular formula is C28H33NO5S. The summed E-state index contributed by atoms with van der Waals surface area (Å²) in [6.45, 7) is 8.30. The maximum Gasteiger partial charge on any atom is 0.336 e. The molecule has 0 saturated carbocycles. The molecule has 6 nitrogen and oxygen atoms in total. The van der Waals surface area contributed by atoms with Crippen molar-refractivity contribution >= 4 is 23.1 Å². The molecule has 0 unspecified atom stereocenters. The number of ether oxygens (including phenoxy) is 3. The fourth-order valence-electron chi connectivity index (χ4n) is 4.83. The molecule has 2 atom stereocenters. The third-order valence-corrected chi connectivity index (χ3v) is 7.49. The molecule has 7 heteroatoms. The van der Waals surface area contributed by atoms with Gasteiger partial charge in [-0.1, -0.05) is 12.1 Å². The number of methoxy groups -OCH3 is 1. The molecule has 4 rings (SSSR count). The molecule has 0 saturated heterocycles. The first-order chi connectivity index (χ1) is 16.8. The topological polar surface area (TPSA) is 73.9 Å². The van der Waals surface area contributed by atoms with E-state index in [2.05, 4.69) is 5.32 Å². The Labute approximate surface area is 211 Å². The minimum Gasteiger partial charge on any atom is -0.497 e. The Morgan fingerprint density at radius 2 is 1.94 bits per heavy atom. The molecule has 1 N–H and O–H groups in total. The third-order valence-electron chi connectivity index (χ3n) is 6.43. The molecule has 1 aromatic carbocycles. The number of nitrogens with one attached hydrogen (secondary N) is 1. The lowest BCUT2D eigenvalue weighted by atomic mass is 9.73. The molecule has 1 aliphatic heterocycles. The number of dihydropyridines is 1. The van der Waals surface area contributed by atoms with Crippen LogP contribution in [0.3, 0.4) is 0 Å². The van der Waals surface area contributed by atoms with Gasteiger partial charge in [-0.15, -0.1) is 11.3 Å². The maximum absolute atomic E-state index is 13.6. The highest BCUT2D eigenvalue weighted by molar-refractivity contribution is 7.12. The van der Waals surface area contributed by atoms with Crippen molar-refractivity contribution in [1.82, 2.24) is 5.32 Å². The number of ketones is 1. The molecule has 35 heavy (non-hydrogen) atoms. The van der Waals surface area contributed by atoms with Gasteiger partial charge in [-0.05, 0) is 69.9 Å². The first-order valence-corrected chi connectivity index (χ1v) is 12.8. The summed E-state index contributed by atoms with van der Waals surface area (Å²) in [4.78, 5) is 29.0. The Morgan fingerprint density at radius 3 is 2.63 bits per heavy atom. The van der Waals surface area contributed by atoms with E-state index in [9.17, 15) is 9.59 Å². The minimum atomic E-state index is -0.428. The maximum atomic E-state index is 13.6. The van der Waals surface area contributed by atoms with E-state index in [1.807, 2.05) is 64.1 Å². The van der Waals surface area contributed by atoms with Crippen LogP contribution in [0.25, 0.3) is 0 Å². The average molecular weight is 496 g/mol. The van der Waals surface area contributed by atoms with E-state index in [-0.39, 0.29) is 24.4 Å². The van der Waals surface area contributed by atoms with Gasteiger partial charge in [-0.2, -0.15) is 0 Å². The number of allylic oxidation sites excluding steroid dienone is 3. The number of thiophene rings is 1. The SMILES string of the molecule is COc1cccc([C@@H]2CC(=O)C3=C(C2)NC(C)=C(C(=O)OCCOC(C)C)[C@@H]3c2ccc(C)s2)c1. The van der Waals surface area contributed by atoms with Crippen LogP contribution in [0, 0.1) is 6.92 Å². The Bertz CT molecular complexity index is 1180. The van der Waals surface area contributed by atoms with E-state index in [1.165, 1.54) is 0 Å². The van der Waals surface area contributed by atoms with Crippen LogP contribution in [0.2, 0.25) is 0 Å². The third kappa shape index (κ3) is 5.52. The van der Waals surface area contributed by atoms with Gasteiger partial charge in [0.2, 0.25) is 0 Å². The predicted octanol–water partition coefficient (Wildman–Crippen LogP) is 5.39. The number of carbonyl (C=O) groups excluding carboxylic acids is 2. The Morgan fingerprint density at radius 1 is 1.14 bits per heavy atom. The molecule has 0 amide bonds. The lowest BCUT2D eigenvalue weighted by Crippen LogP contribution is -2.36. The summed E-state index contributed by atoms with van der Waals surface area (Å²) in [5.41, 5.74) is 3.88. The predicted molar refractivity (Wildman–Crippen MR) is 137 cm³/mol. The highest BCUT2D eigenvalue weighted by atomic mass is 32.1. The Balaban J connectivity index is 1.66. The zero-order valence-electron chi connectivity index (χ0n) is 21.0. The van der Waals surface area contributed by atoms with Gasteiger partial charge >= 0.3 is 5.97 Å². The van der Waals surface area contributed by atoms with Crippen LogP contribution >= 0.6 is 11.3 Å². The highest BCUT2D eigenvalue weighted by Gasteiger charge is 2.42. The zero-order valence-corrected chi connectivity index (χ0v) is 21.8. The molecule has 0 bridgehead atoms. The highest BCUT2D eigenvalue weighted by Crippen LogP contribution is 2.47. The molecule has 0 fully saturated rings. The summed E-state index contributed by atoms with van der Waals surface area (Å²) in [5, 5.41) is 3.40. The van der Waals surface area contributed by atoms with Crippen molar-refractivity contribution in [1.29, 1.82) is 0 Å². The van der Waals surface area contributed by atoms with E-state index in [0.717, 1.165) is 32.5 Å². The van der Waals surface area contributed by atoms with E-state index in [0.29, 0.717) is 30.6 Å². The Kier molecular flexibility index (Phi) is 7.77. The van der Waals surface area contributed by atoms with Gasteiger partial charge in [0.15, 0.2) is 5.78 Å². The van der Waals surface area contributed by atoms with Gasteiger partial charge in [-0.25, -0.2) is 4.79 Å². The van der Waals surface area contributed by atoms with Crippen molar-refractivity contribution in [3.8, 4) is 5.75 Å². The number of Topliss-reactive ketones (excluding diaryl/α,β-unsaturated/α-hetero) is 1. The Hall–Kier alpha value is -2.90. The number of rotatable bonds is 8. The standard InChI is InChI=1S/C28H33NO5S/c1-16(2)33-11-12-34-28(31)25-18(4)29-22-14-20(19-7-6-8-21(13-19)32-5)15-23(30)26(22)27(25)24-10-9-17(3)35-24/h6-10,13,16,20,27,29H,11-12,14-15H2,1-5H3/t20-,27-/m0/s1. The van der Waals surface area contributed by atoms with Crippen molar-refractivity contribution in [2.45, 2.75) is 58.5 Å². The largest absolute Gasteiger partial charge is 0.497 e. The number of esters is 1. The molecule has 2 heterocycles. The summed E-state index contributed by atoms with van der Waals surface area (Å²) >= 11 is 1.61. The van der Waals surface area contributed by atoms with E-state index < -0.39 is 11.9 Å². The molecule has 0 radical (unpaired) electrons. The first-order valence-electron chi connectivity index (χ1n) is 12.0. The van der Waals surface area contributed by atoms with Crippen LogP contribution in [0.1, 0.15) is 60.8 Å². The van der Waals surface area contributed by atoms with Crippen LogP contribution in [0.5, 0.6) is 5.75 Å². The summed E-state index contributed by atoms with van der Waals surface area (Å²) in [6, 6.07) is 11.9. The second-order valence-corrected chi connectivity index (χ2v) is 10.6. The van der Waals surface area contributed by atoms with Crippen molar-refractivity contribution in [3.63, 3.8) is 0 Å². The second kappa shape index (κ2) is 10.8. The van der Waals surface area contributed by atoms with Crippen LogP contribution in [-0.2, 0) is 19.1 Å². The minimum absolute atomic E-state index is 0.0454. The smallest absolute Gasteiger partial charge is 0.336 e. The van der Waals surface area contributed by atoms with Crippen molar-refractivity contribution in [2.75, 3.05) is 20.3 Å². The molecule has 2 aromatic rings. The lowest BCUT2D eigenvalue weighted by molar-refractivity contribution is -0.141. The number of carbonyl (C=O) groups is 2. The number of benzene rings is 1. The van der Waals surface area contributed by atoms with Gasteiger partial charge < -0.3 is 19.5 Å².